The monoisotopic (exact) mass is 293 g/mol. The molecule has 1 heterocycles. The van der Waals surface area contributed by atoms with Gasteiger partial charge in [-0.05, 0) is 24.3 Å². The molecule has 0 atom stereocenters. The highest BCUT2D eigenvalue weighted by Gasteiger charge is 2.15. The van der Waals surface area contributed by atoms with Gasteiger partial charge in [-0.1, -0.05) is 17.7 Å². The zero-order chi connectivity index (χ0) is 14.7. The Labute approximate surface area is 122 Å². The number of anilines is 2. The number of hydrogen-bond acceptors (Lipinski definition) is 4. The summed E-state index contributed by atoms with van der Waals surface area (Å²) in [6, 6.07) is 8.60. The number of nitrogens with zero attached hydrogens (tertiary/aromatic N) is 1. The summed E-state index contributed by atoms with van der Waals surface area (Å²) < 4.78 is 5.31. The fourth-order valence-corrected chi connectivity index (χ4v) is 2.21. The summed E-state index contributed by atoms with van der Waals surface area (Å²) in [6.45, 7) is 0.257. The van der Waals surface area contributed by atoms with Crippen LogP contribution in [0.1, 0.15) is 16.3 Å². The van der Waals surface area contributed by atoms with Crippen LogP contribution in [0, 0.1) is 0 Å². The lowest BCUT2D eigenvalue weighted by atomic mass is 10.2. The van der Waals surface area contributed by atoms with E-state index in [0.29, 0.717) is 16.5 Å². The minimum atomic E-state index is -0.338. The van der Waals surface area contributed by atoms with E-state index in [9.17, 15) is 4.79 Å². The van der Waals surface area contributed by atoms with Crippen molar-refractivity contribution in [2.24, 2.45) is 5.73 Å². The second-order valence-corrected chi connectivity index (χ2v) is 4.86. The van der Waals surface area contributed by atoms with Crippen molar-refractivity contribution in [3.05, 3.63) is 46.9 Å². The van der Waals surface area contributed by atoms with Gasteiger partial charge in [0, 0.05) is 14.1 Å². The maximum atomic E-state index is 12.1. The van der Waals surface area contributed by atoms with E-state index in [1.807, 2.05) is 19.0 Å². The molecule has 0 unspecified atom stereocenters. The van der Waals surface area contributed by atoms with Crippen LogP contribution >= 0.6 is 11.6 Å². The number of nitrogens with two attached hydrogens (primary N) is 1. The highest BCUT2D eigenvalue weighted by atomic mass is 35.5. The van der Waals surface area contributed by atoms with Crippen LogP contribution < -0.4 is 16.0 Å². The quantitative estimate of drug-likeness (QED) is 0.909. The Bertz CT molecular complexity index is 623. The van der Waals surface area contributed by atoms with E-state index in [-0.39, 0.29) is 18.2 Å². The first-order valence-corrected chi connectivity index (χ1v) is 6.46. The summed E-state index contributed by atoms with van der Waals surface area (Å²) in [5.74, 6) is 0.444. The van der Waals surface area contributed by atoms with Gasteiger partial charge >= 0.3 is 0 Å². The van der Waals surface area contributed by atoms with Crippen LogP contribution in [0.2, 0.25) is 5.02 Å². The van der Waals surface area contributed by atoms with E-state index in [1.54, 1.807) is 30.3 Å². The van der Waals surface area contributed by atoms with Crippen molar-refractivity contribution in [2.75, 3.05) is 24.3 Å². The number of furan rings is 1. The number of hydrogen-bond donors (Lipinski definition) is 2. The lowest BCUT2D eigenvalue weighted by Crippen LogP contribution is -2.16. The molecule has 1 amide bonds. The largest absolute Gasteiger partial charge is 0.455 e. The molecular formula is C14H16ClN3O2. The van der Waals surface area contributed by atoms with Crippen molar-refractivity contribution in [1.29, 1.82) is 0 Å². The number of nitrogens with one attached hydrogen (secondary N) is 1. The predicted molar refractivity (Wildman–Crippen MR) is 80.3 cm³/mol. The molecule has 2 aromatic rings. The molecule has 0 aliphatic carbocycles. The number of carbonyl (C=O) groups excluding carboxylic acids is 1. The number of para-hydroxylation sites is 1. The van der Waals surface area contributed by atoms with E-state index < -0.39 is 0 Å². The maximum absolute atomic E-state index is 12.1. The van der Waals surface area contributed by atoms with Gasteiger partial charge in [0.2, 0.25) is 0 Å². The molecule has 0 radical (unpaired) electrons. The number of rotatable bonds is 4. The Morgan fingerprint density at radius 2 is 2.10 bits per heavy atom. The zero-order valence-corrected chi connectivity index (χ0v) is 12.1. The van der Waals surface area contributed by atoms with Gasteiger partial charge in [0.25, 0.3) is 5.91 Å². The smallest absolute Gasteiger partial charge is 0.291 e. The van der Waals surface area contributed by atoms with Crippen LogP contribution in [-0.2, 0) is 6.54 Å². The molecule has 20 heavy (non-hydrogen) atoms. The molecule has 2 rings (SSSR count). The third-order valence-electron chi connectivity index (χ3n) is 2.77. The average molecular weight is 294 g/mol. The summed E-state index contributed by atoms with van der Waals surface area (Å²) in [4.78, 5) is 14.0. The average Bonchev–Trinajstić information content (AvgIpc) is 2.87. The molecule has 0 aliphatic heterocycles. The van der Waals surface area contributed by atoms with Gasteiger partial charge < -0.3 is 20.4 Å². The third-order valence-corrected chi connectivity index (χ3v) is 3.07. The van der Waals surface area contributed by atoms with Gasteiger partial charge in [-0.3, -0.25) is 4.79 Å². The SMILES string of the molecule is CN(C)c1c(Cl)cccc1NC(=O)c1ccc(CN)o1. The van der Waals surface area contributed by atoms with Crippen molar-refractivity contribution in [3.8, 4) is 0 Å². The first kappa shape index (κ1) is 14.4. The van der Waals surface area contributed by atoms with Crippen molar-refractivity contribution >= 4 is 28.9 Å². The maximum Gasteiger partial charge on any atom is 0.291 e. The molecule has 6 heteroatoms. The lowest BCUT2D eigenvalue weighted by Gasteiger charge is -2.19. The van der Waals surface area contributed by atoms with Crippen LogP contribution in [-0.4, -0.2) is 20.0 Å². The summed E-state index contributed by atoms with van der Waals surface area (Å²) in [7, 11) is 3.71. The highest BCUT2D eigenvalue weighted by Crippen LogP contribution is 2.32. The summed E-state index contributed by atoms with van der Waals surface area (Å²) in [5.41, 5.74) is 6.82. The molecule has 5 nitrogen and oxygen atoms in total. The van der Waals surface area contributed by atoms with E-state index in [0.717, 1.165) is 5.69 Å². The van der Waals surface area contributed by atoms with Crippen molar-refractivity contribution in [1.82, 2.24) is 0 Å². The standard InChI is InChI=1S/C14H16ClN3O2/c1-18(2)13-10(15)4-3-5-11(13)17-14(19)12-7-6-9(8-16)20-12/h3-7H,8,16H2,1-2H3,(H,17,19). The Balaban J connectivity index is 2.26. The van der Waals surface area contributed by atoms with Gasteiger partial charge in [0.05, 0.1) is 22.9 Å². The molecular weight excluding hydrogens is 278 g/mol. The highest BCUT2D eigenvalue weighted by molar-refractivity contribution is 6.34. The Hall–Kier alpha value is -1.98. The summed E-state index contributed by atoms with van der Waals surface area (Å²) in [5, 5.41) is 3.35. The topological polar surface area (TPSA) is 71.5 Å². The molecule has 0 saturated carbocycles. The van der Waals surface area contributed by atoms with Crippen molar-refractivity contribution in [2.45, 2.75) is 6.54 Å². The minimum Gasteiger partial charge on any atom is -0.455 e. The van der Waals surface area contributed by atoms with Gasteiger partial charge in [-0.2, -0.15) is 0 Å². The van der Waals surface area contributed by atoms with Crippen LogP contribution in [0.25, 0.3) is 0 Å². The molecule has 1 aromatic heterocycles. The molecule has 1 aromatic carbocycles. The van der Waals surface area contributed by atoms with Gasteiger partial charge in [0.15, 0.2) is 5.76 Å². The van der Waals surface area contributed by atoms with Gasteiger partial charge in [-0.25, -0.2) is 0 Å². The minimum absolute atomic E-state index is 0.218. The van der Waals surface area contributed by atoms with E-state index >= 15 is 0 Å². The second kappa shape index (κ2) is 5.98. The fourth-order valence-electron chi connectivity index (χ4n) is 1.86. The summed E-state index contributed by atoms with van der Waals surface area (Å²) >= 11 is 6.15. The molecule has 0 fully saturated rings. The fraction of sp³-hybridized carbons (Fsp3) is 0.214. The molecule has 106 valence electrons. The Morgan fingerprint density at radius 1 is 1.35 bits per heavy atom. The zero-order valence-electron chi connectivity index (χ0n) is 11.3. The van der Waals surface area contributed by atoms with Crippen LogP contribution in [0.15, 0.2) is 34.7 Å². The number of halogens is 1. The molecule has 0 aliphatic rings. The lowest BCUT2D eigenvalue weighted by molar-refractivity contribution is 0.0995. The molecule has 0 spiro atoms. The Kier molecular flexibility index (Phi) is 4.32. The van der Waals surface area contributed by atoms with Crippen LogP contribution in [0.5, 0.6) is 0 Å². The van der Waals surface area contributed by atoms with Gasteiger partial charge in [0.1, 0.15) is 5.76 Å². The van der Waals surface area contributed by atoms with Crippen molar-refractivity contribution in [3.63, 3.8) is 0 Å². The van der Waals surface area contributed by atoms with Crippen molar-refractivity contribution < 1.29 is 9.21 Å². The molecule has 0 bridgehead atoms. The molecule has 3 N–H and O–H groups in total. The van der Waals surface area contributed by atoms with E-state index in [1.165, 1.54) is 0 Å². The van der Waals surface area contributed by atoms with Crippen LogP contribution in [0.4, 0.5) is 11.4 Å². The van der Waals surface area contributed by atoms with Crippen LogP contribution in [0.3, 0.4) is 0 Å². The van der Waals surface area contributed by atoms with Gasteiger partial charge in [-0.15, -0.1) is 0 Å². The number of carbonyl (C=O) groups is 1. The Morgan fingerprint density at radius 3 is 2.70 bits per heavy atom. The first-order valence-electron chi connectivity index (χ1n) is 6.09. The van der Waals surface area contributed by atoms with E-state index in [2.05, 4.69) is 5.32 Å². The normalized spacial score (nSPS) is 10.4. The predicted octanol–water partition coefficient (Wildman–Crippen LogP) is 2.71. The third kappa shape index (κ3) is 2.95. The number of amides is 1. The number of benzene rings is 1. The molecule has 0 saturated heterocycles. The van der Waals surface area contributed by atoms with E-state index in [4.69, 9.17) is 21.8 Å². The first-order chi connectivity index (χ1) is 9.52. The summed E-state index contributed by atoms with van der Waals surface area (Å²) in [6.07, 6.45) is 0. The second-order valence-electron chi connectivity index (χ2n) is 4.45.